The number of aromatic nitrogens is 2. The van der Waals surface area contributed by atoms with Gasteiger partial charge in [0.25, 0.3) is 5.91 Å². The summed E-state index contributed by atoms with van der Waals surface area (Å²) in [6.45, 7) is 8.27. The van der Waals surface area contributed by atoms with Gasteiger partial charge in [-0.05, 0) is 43.7 Å². The number of likely N-dealkylation sites (tertiary alicyclic amines) is 1. The van der Waals surface area contributed by atoms with Crippen molar-refractivity contribution < 1.29 is 4.79 Å². The number of hydrogen-bond donors (Lipinski definition) is 1. The topological polar surface area (TPSA) is 50.2 Å². The van der Waals surface area contributed by atoms with Crippen molar-refractivity contribution in [3.8, 4) is 0 Å². The number of carbonyl (C=O) groups is 1. The van der Waals surface area contributed by atoms with Crippen molar-refractivity contribution in [1.29, 1.82) is 0 Å². The number of amides is 1. The van der Waals surface area contributed by atoms with Gasteiger partial charge in [-0.2, -0.15) is 5.10 Å². The van der Waals surface area contributed by atoms with Crippen LogP contribution in [0.4, 0.5) is 0 Å². The van der Waals surface area contributed by atoms with Gasteiger partial charge in [0.15, 0.2) is 0 Å². The van der Waals surface area contributed by atoms with Crippen LogP contribution in [0.15, 0.2) is 12.3 Å². The molecule has 2 aliphatic rings. The Morgan fingerprint density at radius 2 is 2.19 bits per heavy atom. The van der Waals surface area contributed by atoms with Crippen molar-refractivity contribution >= 4 is 5.91 Å². The second kappa shape index (κ2) is 6.18. The van der Waals surface area contributed by atoms with Gasteiger partial charge >= 0.3 is 0 Å². The first kappa shape index (κ1) is 14.6. The van der Waals surface area contributed by atoms with Crippen molar-refractivity contribution in [2.24, 2.45) is 11.8 Å². The van der Waals surface area contributed by atoms with E-state index < -0.39 is 0 Å². The van der Waals surface area contributed by atoms with Crippen LogP contribution in [0, 0.1) is 11.8 Å². The van der Waals surface area contributed by atoms with Gasteiger partial charge in [-0.25, -0.2) is 0 Å². The van der Waals surface area contributed by atoms with Crippen LogP contribution in [-0.4, -0.2) is 46.8 Å². The highest BCUT2D eigenvalue weighted by molar-refractivity contribution is 5.92. The molecule has 21 heavy (non-hydrogen) atoms. The van der Waals surface area contributed by atoms with Crippen LogP contribution in [0.2, 0.25) is 0 Å². The summed E-state index contributed by atoms with van der Waals surface area (Å²) < 4.78 is 1.97. The molecule has 5 nitrogen and oxygen atoms in total. The molecule has 1 aromatic rings. The van der Waals surface area contributed by atoms with E-state index in [0.29, 0.717) is 23.6 Å². The van der Waals surface area contributed by atoms with Gasteiger partial charge in [0.2, 0.25) is 0 Å². The summed E-state index contributed by atoms with van der Waals surface area (Å²) in [6, 6.07) is 2.26. The zero-order valence-corrected chi connectivity index (χ0v) is 13.1. The largest absolute Gasteiger partial charge is 0.337 e. The van der Waals surface area contributed by atoms with E-state index in [4.69, 9.17) is 0 Å². The lowest BCUT2D eigenvalue weighted by atomic mass is 9.88. The fourth-order valence-electron chi connectivity index (χ4n) is 3.32. The highest BCUT2D eigenvalue weighted by atomic mass is 16.2. The zero-order chi connectivity index (χ0) is 14.8. The first-order chi connectivity index (χ1) is 10.1. The second-order valence-electron chi connectivity index (χ2n) is 6.68. The van der Waals surface area contributed by atoms with Gasteiger partial charge < -0.3 is 10.2 Å². The van der Waals surface area contributed by atoms with Crippen molar-refractivity contribution in [3.63, 3.8) is 0 Å². The zero-order valence-electron chi connectivity index (χ0n) is 13.1. The van der Waals surface area contributed by atoms with Crippen LogP contribution in [-0.2, 0) is 0 Å². The number of carbonyl (C=O) groups excluding carboxylic acids is 1. The summed E-state index contributed by atoms with van der Waals surface area (Å²) >= 11 is 0. The molecule has 0 radical (unpaired) electrons. The molecule has 0 aliphatic carbocycles. The second-order valence-corrected chi connectivity index (χ2v) is 6.68. The van der Waals surface area contributed by atoms with Gasteiger partial charge in [0, 0.05) is 25.8 Å². The molecule has 3 atom stereocenters. The van der Waals surface area contributed by atoms with E-state index in [9.17, 15) is 4.79 Å². The Balaban J connectivity index is 1.66. The number of hydrogen-bond acceptors (Lipinski definition) is 3. The Kier molecular flexibility index (Phi) is 4.29. The Morgan fingerprint density at radius 1 is 1.33 bits per heavy atom. The Bertz CT molecular complexity index is 492. The third kappa shape index (κ3) is 3.12. The molecule has 3 heterocycles. The number of nitrogens with one attached hydrogen (secondary N) is 1. The summed E-state index contributed by atoms with van der Waals surface area (Å²) in [7, 11) is 0. The Labute approximate surface area is 126 Å². The van der Waals surface area contributed by atoms with Gasteiger partial charge in [-0.3, -0.25) is 9.48 Å². The molecular formula is C16H26N4O. The summed E-state index contributed by atoms with van der Waals surface area (Å²) in [6.07, 6.45) is 5.37. The maximum atomic E-state index is 12.6. The van der Waals surface area contributed by atoms with Gasteiger partial charge in [0.05, 0.1) is 6.04 Å². The standard InChI is InChI=1S/C16H26N4O/c1-12-5-8-19(11-13(12)2)16(21)15-6-9-20(18-15)14-4-3-7-17-10-14/h6,9,12-14,17H,3-5,7-8,10-11H2,1-2H3. The molecule has 0 bridgehead atoms. The molecule has 0 aromatic carbocycles. The maximum absolute atomic E-state index is 12.6. The molecule has 2 saturated heterocycles. The van der Waals surface area contributed by atoms with E-state index >= 15 is 0 Å². The highest BCUT2D eigenvalue weighted by Crippen LogP contribution is 2.24. The molecule has 2 aliphatic heterocycles. The van der Waals surface area contributed by atoms with E-state index in [1.54, 1.807) is 0 Å². The lowest BCUT2D eigenvalue weighted by molar-refractivity contribution is 0.0620. The van der Waals surface area contributed by atoms with Crippen LogP contribution in [0.25, 0.3) is 0 Å². The predicted molar refractivity (Wildman–Crippen MR) is 82.2 cm³/mol. The smallest absolute Gasteiger partial charge is 0.274 e. The van der Waals surface area contributed by atoms with Crippen LogP contribution >= 0.6 is 0 Å². The van der Waals surface area contributed by atoms with E-state index in [1.807, 2.05) is 21.8 Å². The minimum Gasteiger partial charge on any atom is -0.337 e. The normalized spacial score (nSPS) is 30.4. The molecule has 5 heteroatoms. The molecule has 1 amide bonds. The summed E-state index contributed by atoms with van der Waals surface area (Å²) in [5.74, 6) is 1.38. The fourth-order valence-corrected chi connectivity index (χ4v) is 3.32. The maximum Gasteiger partial charge on any atom is 0.274 e. The Hall–Kier alpha value is -1.36. The number of rotatable bonds is 2. The molecule has 1 N–H and O–H groups in total. The molecule has 0 spiro atoms. The Morgan fingerprint density at radius 3 is 2.90 bits per heavy atom. The van der Waals surface area contributed by atoms with Crippen molar-refractivity contribution in [2.45, 2.75) is 39.2 Å². The molecule has 3 rings (SSSR count). The lowest BCUT2D eigenvalue weighted by Gasteiger charge is -2.34. The molecule has 2 fully saturated rings. The lowest BCUT2D eigenvalue weighted by Crippen LogP contribution is -2.42. The molecule has 0 saturated carbocycles. The van der Waals surface area contributed by atoms with Crippen molar-refractivity contribution in [1.82, 2.24) is 20.0 Å². The molecule has 116 valence electrons. The van der Waals surface area contributed by atoms with Crippen LogP contribution in [0.1, 0.15) is 49.6 Å². The molecule has 1 aromatic heterocycles. The summed E-state index contributed by atoms with van der Waals surface area (Å²) in [5, 5.41) is 7.93. The fraction of sp³-hybridized carbons (Fsp3) is 0.750. The number of nitrogens with zero attached hydrogens (tertiary/aromatic N) is 3. The van der Waals surface area contributed by atoms with Crippen LogP contribution in [0.5, 0.6) is 0 Å². The van der Waals surface area contributed by atoms with Crippen LogP contribution in [0.3, 0.4) is 0 Å². The third-order valence-corrected chi connectivity index (χ3v) is 5.09. The first-order valence-electron chi connectivity index (χ1n) is 8.20. The number of piperidine rings is 2. The third-order valence-electron chi connectivity index (χ3n) is 5.09. The van der Waals surface area contributed by atoms with E-state index in [1.165, 1.54) is 6.42 Å². The van der Waals surface area contributed by atoms with Crippen molar-refractivity contribution in [2.75, 3.05) is 26.2 Å². The van der Waals surface area contributed by atoms with E-state index in [2.05, 4.69) is 24.3 Å². The first-order valence-corrected chi connectivity index (χ1v) is 8.20. The van der Waals surface area contributed by atoms with Gasteiger partial charge in [0.1, 0.15) is 5.69 Å². The van der Waals surface area contributed by atoms with Crippen LogP contribution < -0.4 is 5.32 Å². The van der Waals surface area contributed by atoms with Gasteiger partial charge in [-0.15, -0.1) is 0 Å². The SMILES string of the molecule is CC1CCN(C(=O)c2ccn(C3CCCNC3)n2)CC1C. The van der Waals surface area contributed by atoms with E-state index in [-0.39, 0.29) is 5.91 Å². The molecule has 3 unspecified atom stereocenters. The predicted octanol–water partition coefficient (Wildman–Crippen LogP) is 1.93. The summed E-state index contributed by atoms with van der Waals surface area (Å²) in [4.78, 5) is 14.6. The summed E-state index contributed by atoms with van der Waals surface area (Å²) in [5.41, 5.74) is 0.599. The average molecular weight is 290 g/mol. The van der Waals surface area contributed by atoms with Gasteiger partial charge in [-0.1, -0.05) is 13.8 Å². The average Bonchev–Trinajstić information content (AvgIpc) is 3.00. The minimum atomic E-state index is 0.0938. The molecular weight excluding hydrogens is 264 g/mol. The highest BCUT2D eigenvalue weighted by Gasteiger charge is 2.28. The quantitative estimate of drug-likeness (QED) is 0.905. The van der Waals surface area contributed by atoms with E-state index in [0.717, 1.165) is 39.0 Å². The minimum absolute atomic E-state index is 0.0938. The monoisotopic (exact) mass is 290 g/mol. The van der Waals surface area contributed by atoms with Crippen molar-refractivity contribution in [3.05, 3.63) is 18.0 Å².